The van der Waals surface area contributed by atoms with Crippen molar-refractivity contribution in [3.63, 3.8) is 0 Å². The molecule has 0 spiro atoms. The van der Waals surface area contributed by atoms with Gasteiger partial charge in [-0.1, -0.05) is 50.2 Å². The van der Waals surface area contributed by atoms with Crippen molar-refractivity contribution < 1.29 is 28.5 Å². The number of methoxy groups -OCH3 is 3. The van der Waals surface area contributed by atoms with Gasteiger partial charge in [0.05, 0.1) is 45.0 Å². The monoisotopic (exact) mass is 647 g/mol. The number of piperazine rings is 1. The zero-order valence-corrected chi connectivity index (χ0v) is 29.3. The van der Waals surface area contributed by atoms with E-state index in [2.05, 4.69) is 40.7 Å². The first-order valence-electron chi connectivity index (χ1n) is 16.8. The first-order valence-corrected chi connectivity index (χ1v) is 16.8. The van der Waals surface area contributed by atoms with Gasteiger partial charge in [-0.3, -0.25) is 0 Å². The molecular formula is C38H53N3O6. The molecule has 0 N–H and O–H groups in total. The minimum absolute atomic E-state index is 0.296. The number of nitrogens with zero attached hydrogens (tertiary/aromatic N) is 3. The molecule has 2 aliphatic rings. The molecule has 0 aliphatic carbocycles. The predicted molar refractivity (Wildman–Crippen MR) is 184 cm³/mol. The van der Waals surface area contributed by atoms with E-state index in [0.29, 0.717) is 41.7 Å². The third-order valence-corrected chi connectivity index (χ3v) is 9.16. The van der Waals surface area contributed by atoms with Gasteiger partial charge >= 0.3 is 11.9 Å². The van der Waals surface area contributed by atoms with Gasteiger partial charge in [0.15, 0.2) is 11.5 Å². The van der Waals surface area contributed by atoms with Gasteiger partial charge in [0.25, 0.3) is 0 Å². The average Bonchev–Trinajstić information content (AvgIpc) is 3.08. The van der Waals surface area contributed by atoms with Crippen LogP contribution < -0.4 is 9.47 Å². The van der Waals surface area contributed by atoms with Gasteiger partial charge in [-0.25, -0.2) is 9.59 Å². The molecule has 9 nitrogen and oxygen atoms in total. The molecular weight excluding hydrogens is 594 g/mol. The molecule has 1 unspecified atom stereocenters. The van der Waals surface area contributed by atoms with Crippen molar-refractivity contribution in [1.82, 2.24) is 14.7 Å². The smallest absolute Gasteiger partial charge is 0.336 e. The van der Waals surface area contributed by atoms with Crippen LogP contribution in [0.25, 0.3) is 0 Å². The Morgan fingerprint density at radius 3 is 2.04 bits per heavy atom. The molecule has 2 aromatic rings. The van der Waals surface area contributed by atoms with Gasteiger partial charge in [0, 0.05) is 57.2 Å². The minimum atomic E-state index is -0.700. The molecule has 2 heterocycles. The summed E-state index contributed by atoms with van der Waals surface area (Å²) in [6, 6.07) is 15.8. The third-order valence-electron chi connectivity index (χ3n) is 9.16. The van der Waals surface area contributed by atoms with E-state index in [9.17, 15) is 9.59 Å². The highest BCUT2D eigenvalue weighted by molar-refractivity contribution is 6.00. The molecule has 2 aliphatic heterocycles. The largest absolute Gasteiger partial charge is 0.493 e. The van der Waals surface area contributed by atoms with Gasteiger partial charge in [-0.2, -0.15) is 0 Å². The summed E-state index contributed by atoms with van der Waals surface area (Å²) < 4.78 is 22.4. The van der Waals surface area contributed by atoms with E-state index in [4.69, 9.17) is 18.9 Å². The Morgan fingerprint density at radius 1 is 0.787 bits per heavy atom. The normalized spacial score (nSPS) is 17.7. The summed E-state index contributed by atoms with van der Waals surface area (Å²) in [6.45, 7) is 15.5. The lowest BCUT2D eigenvalue weighted by Crippen LogP contribution is -2.47. The van der Waals surface area contributed by atoms with Crippen LogP contribution >= 0.6 is 0 Å². The van der Waals surface area contributed by atoms with Gasteiger partial charge in [0.2, 0.25) is 0 Å². The lowest BCUT2D eigenvalue weighted by Gasteiger charge is -2.38. The van der Waals surface area contributed by atoms with Crippen molar-refractivity contribution in [2.75, 3.05) is 73.7 Å². The summed E-state index contributed by atoms with van der Waals surface area (Å²) in [5.41, 5.74) is 4.34. The van der Waals surface area contributed by atoms with Crippen molar-refractivity contribution in [2.24, 2.45) is 5.92 Å². The molecule has 47 heavy (non-hydrogen) atoms. The van der Waals surface area contributed by atoms with Gasteiger partial charge in [-0.05, 0) is 62.3 Å². The molecule has 256 valence electrons. The number of benzene rings is 2. The lowest BCUT2D eigenvalue weighted by atomic mass is 9.79. The maximum atomic E-state index is 14.1. The van der Waals surface area contributed by atoms with E-state index in [1.807, 2.05) is 44.2 Å². The van der Waals surface area contributed by atoms with E-state index in [-0.39, 0.29) is 0 Å². The van der Waals surface area contributed by atoms with Crippen LogP contribution in [0.4, 0.5) is 0 Å². The topological polar surface area (TPSA) is 80.8 Å². The van der Waals surface area contributed by atoms with Gasteiger partial charge in [0.1, 0.15) is 0 Å². The Labute approximate surface area is 281 Å². The molecule has 9 heteroatoms. The first-order chi connectivity index (χ1) is 22.7. The highest BCUT2D eigenvalue weighted by atomic mass is 16.5. The summed E-state index contributed by atoms with van der Waals surface area (Å²) in [6.07, 6.45) is 2.44. The van der Waals surface area contributed by atoms with Crippen molar-refractivity contribution in [1.29, 1.82) is 0 Å². The number of ether oxygens (including phenoxy) is 4. The summed E-state index contributed by atoms with van der Waals surface area (Å²) in [5.74, 6) is 0.130. The highest BCUT2D eigenvalue weighted by Gasteiger charge is 2.40. The van der Waals surface area contributed by atoms with Crippen molar-refractivity contribution in [2.45, 2.75) is 52.9 Å². The maximum Gasteiger partial charge on any atom is 0.336 e. The number of hydrogen-bond donors (Lipinski definition) is 0. The standard InChI is InChI=1S/C38H53N3O6/c1-27(2)26-40-22-20-39(21-23-40)18-12-24-47-38(43)35-29(4)41(19-11-15-30-13-9-8-10-14-30)28(3)34(37(42)46-7)36(35)31-16-17-32(44-5)33(25-31)45-6/h8-10,13-14,16-17,25,27,36H,11-12,15,18-24,26H2,1-7H3. The predicted octanol–water partition coefficient (Wildman–Crippen LogP) is 5.66. The van der Waals surface area contributed by atoms with Crippen molar-refractivity contribution in [3.8, 4) is 11.5 Å². The number of rotatable bonds is 15. The summed E-state index contributed by atoms with van der Waals surface area (Å²) in [7, 11) is 4.52. The second kappa shape index (κ2) is 17.4. The number of allylic oxidation sites excluding steroid dienone is 2. The summed E-state index contributed by atoms with van der Waals surface area (Å²) in [5, 5.41) is 0. The molecule has 0 radical (unpaired) electrons. The van der Waals surface area contributed by atoms with E-state index < -0.39 is 17.9 Å². The molecule has 0 aromatic heterocycles. The summed E-state index contributed by atoms with van der Waals surface area (Å²) in [4.78, 5) is 34.7. The zero-order valence-electron chi connectivity index (χ0n) is 29.3. The fraction of sp³-hybridized carbons (Fsp3) is 0.526. The molecule has 4 rings (SSSR count). The van der Waals surface area contributed by atoms with Crippen LogP contribution in [0.3, 0.4) is 0 Å². The Hall–Kier alpha value is -3.82. The molecule has 2 aromatic carbocycles. The second-order valence-electron chi connectivity index (χ2n) is 12.8. The zero-order chi connectivity index (χ0) is 33.9. The van der Waals surface area contributed by atoms with Crippen LogP contribution in [0.2, 0.25) is 0 Å². The molecule has 0 amide bonds. The van der Waals surface area contributed by atoms with E-state index in [1.54, 1.807) is 20.3 Å². The first kappa shape index (κ1) is 36.0. The SMILES string of the molecule is COC(=O)C1=C(C)N(CCCc2ccccc2)C(C)=C(C(=O)OCCCN2CCN(CC(C)C)CC2)C1c1ccc(OC)c(OC)c1. The van der Waals surface area contributed by atoms with Crippen LogP contribution in [-0.4, -0.2) is 100 Å². The molecule has 0 bridgehead atoms. The fourth-order valence-corrected chi connectivity index (χ4v) is 6.78. The van der Waals surface area contributed by atoms with Crippen LogP contribution in [-0.2, 0) is 25.5 Å². The summed E-state index contributed by atoms with van der Waals surface area (Å²) >= 11 is 0. The van der Waals surface area contributed by atoms with Gasteiger partial charge < -0.3 is 33.6 Å². The Balaban J connectivity index is 1.58. The number of carbonyl (C=O) groups excluding carboxylic acids is 2. The van der Waals surface area contributed by atoms with E-state index >= 15 is 0 Å². The Bertz CT molecular complexity index is 1410. The van der Waals surface area contributed by atoms with Crippen LogP contribution in [0, 0.1) is 5.92 Å². The quantitative estimate of drug-likeness (QED) is 0.180. The number of aryl methyl sites for hydroxylation is 1. The third kappa shape index (κ3) is 9.17. The van der Waals surface area contributed by atoms with Crippen LogP contribution in [0.15, 0.2) is 71.1 Å². The average molecular weight is 648 g/mol. The number of esters is 2. The molecule has 1 saturated heterocycles. The second-order valence-corrected chi connectivity index (χ2v) is 12.8. The van der Waals surface area contributed by atoms with E-state index in [1.165, 1.54) is 12.7 Å². The lowest BCUT2D eigenvalue weighted by molar-refractivity contribution is -0.139. The van der Waals surface area contributed by atoms with Crippen LogP contribution in [0.1, 0.15) is 57.6 Å². The van der Waals surface area contributed by atoms with Crippen LogP contribution in [0.5, 0.6) is 11.5 Å². The van der Waals surface area contributed by atoms with Crippen molar-refractivity contribution in [3.05, 3.63) is 82.2 Å². The highest BCUT2D eigenvalue weighted by Crippen LogP contribution is 2.44. The van der Waals surface area contributed by atoms with Crippen molar-refractivity contribution >= 4 is 11.9 Å². The Morgan fingerprint density at radius 2 is 1.43 bits per heavy atom. The Kier molecular flexibility index (Phi) is 13.3. The maximum absolute atomic E-state index is 14.1. The molecule has 1 atom stereocenters. The molecule has 0 saturated carbocycles. The van der Waals surface area contributed by atoms with E-state index in [0.717, 1.165) is 75.5 Å². The fourth-order valence-electron chi connectivity index (χ4n) is 6.78. The number of carbonyl (C=O) groups is 2. The minimum Gasteiger partial charge on any atom is -0.493 e. The number of hydrogen-bond acceptors (Lipinski definition) is 9. The van der Waals surface area contributed by atoms with Gasteiger partial charge in [-0.15, -0.1) is 0 Å². The molecule has 1 fully saturated rings.